The molecule has 0 unspecified atom stereocenters. The number of amides is 1. The summed E-state index contributed by atoms with van der Waals surface area (Å²) in [6.07, 6.45) is 3.74. The minimum absolute atomic E-state index is 0.0783. The molecule has 0 saturated heterocycles. The molecule has 5 nitrogen and oxygen atoms in total. The van der Waals surface area contributed by atoms with Crippen LogP contribution < -0.4 is 5.32 Å². The van der Waals surface area contributed by atoms with Gasteiger partial charge in [-0.1, -0.05) is 73.7 Å². The van der Waals surface area contributed by atoms with E-state index in [4.69, 9.17) is 0 Å². The van der Waals surface area contributed by atoms with Crippen molar-refractivity contribution in [2.24, 2.45) is 11.3 Å². The van der Waals surface area contributed by atoms with Gasteiger partial charge in [-0.05, 0) is 53.0 Å². The Morgan fingerprint density at radius 2 is 1.66 bits per heavy atom. The second-order valence-electron chi connectivity index (χ2n) is 10.4. The van der Waals surface area contributed by atoms with Crippen molar-refractivity contribution in [2.75, 3.05) is 0 Å². The van der Waals surface area contributed by atoms with Gasteiger partial charge in [0.05, 0.1) is 17.5 Å². The first-order chi connectivity index (χ1) is 16.9. The first-order valence-electron chi connectivity index (χ1n) is 12.2. The standard InChI is InChI=1S/C30H28N2O3/c1-20-29(16-26(33)34)18-30(20,19-29)31-28(35)25-9-5-8-24-14-15-32(27(24)25)17-21-10-12-23(13-11-21)22-6-3-2-4-7-22/h2-15,20H,16-19H2,1H3,(H,31,35)(H,33,34)/t20-,29?,30?/m0/s1. The first kappa shape index (κ1) is 21.7. The normalized spacial score (nSPS) is 24.4. The summed E-state index contributed by atoms with van der Waals surface area (Å²) in [5, 5.41) is 13.5. The zero-order valence-corrected chi connectivity index (χ0v) is 19.7. The van der Waals surface area contributed by atoms with E-state index in [2.05, 4.69) is 59.3 Å². The van der Waals surface area contributed by atoms with E-state index in [0.717, 1.165) is 23.7 Å². The van der Waals surface area contributed by atoms with Gasteiger partial charge in [0.2, 0.25) is 0 Å². The molecule has 2 N–H and O–H groups in total. The predicted molar refractivity (Wildman–Crippen MR) is 136 cm³/mol. The Morgan fingerprint density at radius 1 is 0.943 bits per heavy atom. The number of nitrogens with one attached hydrogen (secondary N) is 1. The number of nitrogens with zero attached hydrogens (tertiary/aromatic N) is 1. The van der Waals surface area contributed by atoms with Gasteiger partial charge in [0.25, 0.3) is 5.91 Å². The third kappa shape index (κ3) is 3.45. The summed E-state index contributed by atoms with van der Waals surface area (Å²) in [7, 11) is 0. The number of carbonyl (C=O) groups is 2. The molecule has 0 radical (unpaired) electrons. The van der Waals surface area contributed by atoms with Gasteiger partial charge in [0.15, 0.2) is 0 Å². The molecular weight excluding hydrogens is 436 g/mol. The van der Waals surface area contributed by atoms with Gasteiger partial charge in [-0.15, -0.1) is 0 Å². The minimum Gasteiger partial charge on any atom is -0.481 e. The molecule has 0 aliphatic heterocycles. The average molecular weight is 465 g/mol. The Morgan fingerprint density at radius 3 is 2.34 bits per heavy atom. The Hall–Kier alpha value is -3.86. The van der Waals surface area contributed by atoms with Gasteiger partial charge in [0, 0.05) is 23.7 Å². The topological polar surface area (TPSA) is 71.3 Å². The number of carboxylic acids is 1. The number of rotatable bonds is 7. The second-order valence-corrected chi connectivity index (χ2v) is 10.4. The summed E-state index contributed by atoms with van der Waals surface area (Å²) >= 11 is 0. The average Bonchev–Trinajstić information content (AvgIpc) is 3.26. The lowest BCUT2D eigenvalue weighted by atomic mass is 9.32. The van der Waals surface area contributed by atoms with Crippen LogP contribution in [-0.4, -0.2) is 27.1 Å². The van der Waals surface area contributed by atoms with Crippen molar-refractivity contribution in [2.45, 2.75) is 38.3 Å². The third-order valence-electron chi connectivity index (χ3n) is 8.40. The number of carboxylic acid groups (broad SMARTS) is 1. The molecule has 1 aromatic heterocycles. The van der Waals surface area contributed by atoms with Gasteiger partial charge in [-0.25, -0.2) is 0 Å². The summed E-state index contributed by atoms with van der Waals surface area (Å²) in [5.41, 5.74) is 4.73. The predicted octanol–water partition coefficient (Wildman–Crippen LogP) is 5.73. The van der Waals surface area contributed by atoms with E-state index >= 15 is 0 Å². The molecule has 176 valence electrons. The quantitative estimate of drug-likeness (QED) is 0.367. The van der Waals surface area contributed by atoms with Crippen molar-refractivity contribution in [1.29, 1.82) is 0 Å². The van der Waals surface area contributed by atoms with Gasteiger partial charge >= 0.3 is 5.97 Å². The molecule has 3 aliphatic rings. The maximum absolute atomic E-state index is 13.4. The van der Waals surface area contributed by atoms with Crippen LogP contribution >= 0.6 is 0 Å². The van der Waals surface area contributed by atoms with Crippen molar-refractivity contribution in [3.8, 4) is 11.1 Å². The first-order valence-corrected chi connectivity index (χ1v) is 12.2. The highest BCUT2D eigenvalue weighted by molar-refractivity contribution is 6.06. The molecule has 3 aromatic carbocycles. The van der Waals surface area contributed by atoms with Crippen LogP contribution in [0.15, 0.2) is 85.1 Å². The molecule has 1 amide bonds. The molecule has 3 fully saturated rings. The van der Waals surface area contributed by atoms with E-state index in [0.29, 0.717) is 12.1 Å². The summed E-state index contributed by atoms with van der Waals surface area (Å²) in [5.74, 6) is -0.648. The van der Waals surface area contributed by atoms with Crippen molar-refractivity contribution in [1.82, 2.24) is 9.88 Å². The number of aliphatic carboxylic acids is 1. The highest BCUT2D eigenvalue weighted by Crippen LogP contribution is 2.72. The van der Waals surface area contributed by atoms with Crippen LogP contribution in [-0.2, 0) is 11.3 Å². The molecule has 3 aliphatic carbocycles. The number of hydrogen-bond donors (Lipinski definition) is 2. The van der Waals surface area contributed by atoms with E-state index in [1.165, 1.54) is 16.7 Å². The fourth-order valence-corrected chi connectivity index (χ4v) is 6.42. The molecular formula is C30H28N2O3. The fraction of sp³-hybridized carbons (Fsp3) is 0.267. The van der Waals surface area contributed by atoms with Crippen molar-refractivity contribution in [3.63, 3.8) is 0 Å². The third-order valence-corrected chi connectivity index (χ3v) is 8.40. The van der Waals surface area contributed by atoms with Crippen LogP contribution in [0.5, 0.6) is 0 Å². The highest BCUT2D eigenvalue weighted by atomic mass is 16.4. The number of aromatic nitrogens is 1. The fourth-order valence-electron chi connectivity index (χ4n) is 6.42. The second kappa shape index (κ2) is 7.84. The number of para-hydroxylation sites is 1. The lowest BCUT2D eigenvalue weighted by molar-refractivity contribution is -0.222. The number of fused-ring (bicyclic) bond motifs is 1. The molecule has 2 bridgehead atoms. The maximum Gasteiger partial charge on any atom is 0.303 e. The Bertz CT molecular complexity index is 1430. The van der Waals surface area contributed by atoms with E-state index < -0.39 is 5.97 Å². The van der Waals surface area contributed by atoms with E-state index in [1.54, 1.807) is 0 Å². The lowest BCUT2D eigenvalue weighted by Gasteiger charge is -2.75. The zero-order valence-electron chi connectivity index (χ0n) is 19.7. The molecule has 35 heavy (non-hydrogen) atoms. The lowest BCUT2D eigenvalue weighted by Crippen LogP contribution is -2.81. The van der Waals surface area contributed by atoms with Crippen molar-refractivity contribution >= 4 is 22.8 Å². The molecule has 1 atom stereocenters. The Labute approximate surface area is 204 Å². The van der Waals surface area contributed by atoms with Crippen LogP contribution in [0.25, 0.3) is 22.0 Å². The summed E-state index contributed by atoms with van der Waals surface area (Å²) in [6.45, 7) is 2.74. The zero-order chi connectivity index (χ0) is 24.2. The van der Waals surface area contributed by atoms with Crippen LogP contribution in [0.2, 0.25) is 0 Å². The Balaban J connectivity index is 1.23. The van der Waals surface area contributed by atoms with E-state index in [-0.39, 0.29) is 29.2 Å². The molecule has 3 saturated carbocycles. The van der Waals surface area contributed by atoms with Crippen LogP contribution in [0.4, 0.5) is 0 Å². The van der Waals surface area contributed by atoms with Gasteiger partial charge < -0.3 is 15.0 Å². The minimum atomic E-state index is -0.754. The summed E-state index contributed by atoms with van der Waals surface area (Å²) < 4.78 is 2.14. The van der Waals surface area contributed by atoms with E-state index in [9.17, 15) is 14.7 Å². The summed E-state index contributed by atoms with van der Waals surface area (Å²) in [4.78, 5) is 24.7. The largest absolute Gasteiger partial charge is 0.481 e. The maximum atomic E-state index is 13.4. The number of carbonyl (C=O) groups excluding carboxylic acids is 1. The molecule has 7 rings (SSSR count). The highest BCUT2D eigenvalue weighted by Gasteiger charge is 2.74. The van der Waals surface area contributed by atoms with Gasteiger partial charge in [-0.2, -0.15) is 0 Å². The van der Waals surface area contributed by atoms with Crippen LogP contribution in [0.1, 0.15) is 42.1 Å². The number of benzene rings is 3. The van der Waals surface area contributed by atoms with Crippen LogP contribution in [0.3, 0.4) is 0 Å². The molecule has 4 aromatic rings. The van der Waals surface area contributed by atoms with Gasteiger partial charge in [0.1, 0.15) is 0 Å². The van der Waals surface area contributed by atoms with Gasteiger partial charge in [-0.3, -0.25) is 9.59 Å². The van der Waals surface area contributed by atoms with Crippen molar-refractivity contribution < 1.29 is 14.7 Å². The smallest absolute Gasteiger partial charge is 0.303 e. The Kier molecular flexibility index (Phi) is 4.85. The molecule has 5 heteroatoms. The van der Waals surface area contributed by atoms with Crippen molar-refractivity contribution in [3.05, 3.63) is 96.2 Å². The molecule has 1 heterocycles. The summed E-state index contributed by atoms with van der Waals surface area (Å²) in [6, 6.07) is 26.8. The van der Waals surface area contributed by atoms with E-state index in [1.807, 2.05) is 42.6 Å². The number of hydrogen-bond acceptors (Lipinski definition) is 2. The van der Waals surface area contributed by atoms with Crippen LogP contribution in [0, 0.1) is 11.3 Å². The SMILES string of the molecule is C[C@H]1C2(CC(=O)O)CC1(NC(=O)c1cccc3ccn(Cc4ccc(-c5ccccc5)cc4)c13)C2. The monoisotopic (exact) mass is 464 g/mol. The molecule has 0 spiro atoms.